The van der Waals surface area contributed by atoms with E-state index in [1.807, 2.05) is 27.7 Å². The molecule has 104 valence electrons. The summed E-state index contributed by atoms with van der Waals surface area (Å²) in [5.74, 6) is -1.46. The Labute approximate surface area is 114 Å². The van der Waals surface area contributed by atoms with Crippen molar-refractivity contribution in [1.82, 2.24) is 0 Å². The number of carbonyl (C=O) groups is 2. The fourth-order valence-electron chi connectivity index (χ4n) is 2.13. The summed E-state index contributed by atoms with van der Waals surface area (Å²) >= 11 is 0. The third-order valence-corrected chi connectivity index (χ3v) is 3.42. The lowest BCUT2D eigenvalue weighted by atomic mass is 9.98. The van der Waals surface area contributed by atoms with Crippen molar-refractivity contribution in [3.63, 3.8) is 0 Å². The van der Waals surface area contributed by atoms with Crippen LogP contribution in [0.2, 0.25) is 0 Å². The molecule has 0 bridgehead atoms. The molecule has 0 radical (unpaired) electrons. The molecule has 0 aliphatic rings. The Balaban J connectivity index is 3.23. The number of nitrogens with zero attached hydrogens (tertiary/aromatic N) is 1. The van der Waals surface area contributed by atoms with Gasteiger partial charge in [0.05, 0.1) is 12.3 Å². The number of likely N-dealkylation sites (N-methyl/N-ethyl adjacent to an activating group) is 1. The predicted molar refractivity (Wildman–Crippen MR) is 75.4 cm³/mol. The van der Waals surface area contributed by atoms with Gasteiger partial charge in [-0.3, -0.25) is 4.79 Å². The van der Waals surface area contributed by atoms with E-state index in [1.165, 1.54) is 4.90 Å². The number of amides is 1. The zero-order valence-corrected chi connectivity index (χ0v) is 12.5. The summed E-state index contributed by atoms with van der Waals surface area (Å²) in [6.07, 6.45) is 0. The molecule has 1 aromatic rings. The average Bonchev–Trinajstić information content (AvgIpc) is 2.36. The summed E-state index contributed by atoms with van der Waals surface area (Å²) in [6, 6.07) is 2.08. The molecule has 0 saturated carbocycles. The summed E-state index contributed by atoms with van der Waals surface area (Å²) in [4.78, 5) is 24.9. The first-order valence-corrected chi connectivity index (χ1v) is 6.33. The summed E-state index contributed by atoms with van der Waals surface area (Å²) in [7, 11) is 1.60. The largest absolute Gasteiger partial charge is 0.459 e. The molecule has 1 aromatic carbocycles. The molecule has 0 saturated heterocycles. The SMILES string of the molecule is CCOC(=O)C(=O)N(C)c1c(C)c(C)cc(C)c1C. The number of anilines is 1. The van der Waals surface area contributed by atoms with E-state index in [-0.39, 0.29) is 6.61 Å². The zero-order chi connectivity index (χ0) is 14.7. The van der Waals surface area contributed by atoms with Crippen molar-refractivity contribution in [3.05, 3.63) is 28.3 Å². The van der Waals surface area contributed by atoms with Gasteiger partial charge in [-0.25, -0.2) is 4.79 Å². The molecule has 1 amide bonds. The molecule has 19 heavy (non-hydrogen) atoms. The van der Waals surface area contributed by atoms with Crippen molar-refractivity contribution in [1.29, 1.82) is 0 Å². The van der Waals surface area contributed by atoms with Gasteiger partial charge < -0.3 is 9.64 Å². The van der Waals surface area contributed by atoms with Gasteiger partial charge in [-0.2, -0.15) is 0 Å². The highest BCUT2D eigenvalue weighted by molar-refractivity contribution is 6.38. The maximum atomic E-state index is 12.0. The van der Waals surface area contributed by atoms with Crippen LogP contribution < -0.4 is 4.90 Å². The number of rotatable bonds is 2. The monoisotopic (exact) mass is 263 g/mol. The van der Waals surface area contributed by atoms with E-state index in [1.54, 1.807) is 14.0 Å². The number of hydrogen-bond acceptors (Lipinski definition) is 3. The van der Waals surface area contributed by atoms with E-state index in [9.17, 15) is 9.59 Å². The fourth-order valence-corrected chi connectivity index (χ4v) is 2.13. The fraction of sp³-hybridized carbons (Fsp3) is 0.467. The second-order valence-electron chi connectivity index (χ2n) is 4.69. The lowest BCUT2D eigenvalue weighted by Crippen LogP contribution is -2.35. The molecule has 0 fully saturated rings. The number of benzene rings is 1. The number of hydrogen-bond donors (Lipinski definition) is 0. The number of esters is 1. The molecule has 0 heterocycles. The predicted octanol–water partition coefficient (Wildman–Crippen LogP) is 2.45. The summed E-state index contributed by atoms with van der Waals surface area (Å²) in [6.45, 7) is 9.77. The quantitative estimate of drug-likeness (QED) is 0.608. The summed E-state index contributed by atoms with van der Waals surface area (Å²) in [5, 5.41) is 0. The van der Waals surface area contributed by atoms with Gasteiger partial charge >= 0.3 is 11.9 Å². The zero-order valence-electron chi connectivity index (χ0n) is 12.5. The Bertz CT molecular complexity index is 494. The molecule has 0 aliphatic carbocycles. The lowest BCUT2D eigenvalue weighted by Gasteiger charge is -2.23. The molecule has 0 atom stereocenters. The molecular formula is C15H21NO3. The minimum Gasteiger partial charge on any atom is -0.459 e. The van der Waals surface area contributed by atoms with E-state index in [0.717, 1.165) is 27.9 Å². The molecule has 0 aliphatic heterocycles. The number of aryl methyl sites for hydroxylation is 2. The molecule has 0 aromatic heterocycles. The van der Waals surface area contributed by atoms with Gasteiger partial charge in [0.1, 0.15) is 0 Å². The van der Waals surface area contributed by atoms with Crippen molar-refractivity contribution in [2.45, 2.75) is 34.6 Å². The first-order valence-electron chi connectivity index (χ1n) is 6.33. The van der Waals surface area contributed by atoms with Crippen molar-refractivity contribution in [2.24, 2.45) is 0 Å². The minimum absolute atomic E-state index is 0.198. The number of carbonyl (C=O) groups excluding carboxylic acids is 2. The Kier molecular flexibility index (Phi) is 4.70. The van der Waals surface area contributed by atoms with E-state index in [4.69, 9.17) is 4.74 Å². The maximum Gasteiger partial charge on any atom is 0.397 e. The molecule has 4 heteroatoms. The Morgan fingerprint density at radius 3 is 2.00 bits per heavy atom. The Morgan fingerprint density at radius 1 is 1.11 bits per heavy atom. The van der Waals surface area contributed by atoms with Gasteiger partial charge in [0.2, 0.25) is 0 Å². The highest BCUT2D eigenvalue weighted by Crippen LogP contribution is 2.29. The van der Waals surface area contributed by atoms with Crippen LogP contribution in [-0.4, -0.2) is 25.5 Å². The van der Waals surface area contributed by atoms with Gasteiger partial charge in [-0.15, -0.1) is 0 Å². The highest BCUT2D eigenvalue weighted by Gasteiger charge is 2.24. The second kappa shape index (κ2) is 5.87. The Hall–Kier alpha value is -1.84. The highest BCUT2D eigenvalue weighted by atomic mass is 16.5. The van der Waals surface area contributed by atoms with Crippen molar-refractivity contribution < 1.29 is 14.3 Å². The van der Waals surface area contributed by atoms with Crippen molar-refractivity contribution in [2.75, 3.05) is 18.6 Å². The van der Waals surface area contributed by atoms with E-state index in [0.29, 0.717) is 0 Å². The van der Waals surface area contributed by atoms with Crippen LogP contribution in [-0.2, 0) is 14.3 Å². The van der Waals surface area contributed by atoms with Gasteiger partial charge in [0.25, 0.3) is 0 Å². The summed E-state index contributed by atoms with van der Waals surface area (Å²) in [5.41, 5.74) is 4.99. The molecular weight excluding hydrogens is 242 g/mol. The smallest absolute Gasteiger partial charge is 0.397 e. The topological polar surface area (TPSA) is 46.6 Å². The number of ether oxygens (including phenoxy) is 1. The van der Waals surface area contributed by atoms with Crippen LogP contribution >= 0.6 is 0 Å². The average molecular weight is 263 g/mol. The van der Waals surface area contributed by atoms with E-state index < -0.39 is 11.9 Å². The van der Waals surface area contributed by atoms with E-state index >= 15 is 0 Å². The first-order chi connectivity index (χ1) is 8.81. The molecule has 0 unspecified atom stereocenters. The van der Waals surface area contributed by atoms with Gasteiger partial charge in [-0.05, 0) is 56.9 Å². The standard InChI is InChI=1S/C15H21NO3/c1-7-19-15(18)14(17)16(6)13-11(4)9(2)8-10(3)12(13)5/h8H,7H2,1-6H3. The third-order valence-electron chi connectivity index (χ3n) is 3.42. The first kappa shape index (κ1) is 15.2. The molecule has 4 nitrogen and oxygen atoms in total. The Morgan fingerprint density at radius 2 is 1.58 bits per heavy atom. The van der Waals surface area contributed by atoms with Crippen LogP contribution in [0, 0.1) is 27.7 Å². The van der Waals surface area contributed by atoms with Crippen molar-refractivity contribution >= 4 is 17.6 Å². The van der Waals surface area contributed by atoms with Crippen LogP contribution in [0.3, 0.4) is 0 Å². The second-order valence-corrected chi connectivity index (χ2v) is 4.69. The lowest BCUT2D eigenvalue weighted by molar-refractivity contribution is -0.153. The van der Waals surface area contributed by atoms with Crippen LogP contribution in [0.1, 0.15) is 29.2 Å². The van der Waals surface area contributed by atoms with E-state index in [2.05, 4.69) is 6.07 Å². The molecule has 0 spiro atoms. The van der Waals surface area contributed by atoms with Gasteiger partial charge in [-0.1, -0.05) is 6.07 Å². The van der Waals surface area contributed by atoms with Crippen molar-refractivity contribution in [3.8, 4) is 0 Å². The van der Waals surface area contributed by atoms with Crippen LogP contribution in [0.25, 0.3) is 0 Å². The molecule has 1 rings (SSSR count). The third kappa shape index (κ3) is 2.95. The normalized spacial score (nSPS) is 10.2. The van der Waals surface area contributed by atoms with Gasteiger partial charge in [0, 0.05) is 7.05 Å². The van der Waals surface area contributed by atoms with Gasteiger partial charge in [0.15, 0.2) is 0 Å². The van der Waals surface area contributed by atoms with Crippen LogP contribution in [0.5, 0.6) is 0 Å². The maximum absolute atomic E-state index is 12.0. The summed E-state index contributed by atoms with van der Waals surface area (Å²) < 4.78 is 4.76. The molecule has 0 N–H and O–H groups in total. The minimum atomic E-state index is -0.817. The van der Waals surface area contributed by atoms with Crippen LogP contribution in [0.4, 0.5) is 5.69 Å². The van der Waals surface area contributed by atoms with Crippen LogP contribution in [0.15, 0.2) is 6.07 Å².